The van der Waals surface area contributed by atoms with Crippen molar-refractivity contribution in [3.8, 4) is 5.75 Å². The fourth-order valence-corrected chi connectivity index (χ4v) is 2.66. The Kier molecular flexibility index (Phi) is 4.42. The quantitative estimate of drug-likeness (QED) is 0.658. The van der Waals surface area contributed by atoms with Gasteiger partial charge in [0.25, 0.3) is 5.56 Å². The van der Waals surface area contributed by atoms with Gasteiger partial charge in [0.15, 0.2) is 5.78 Å². The fourth-order valence-electron chi connectivity index (χ4n) is 2.66. The van der Waals surface area contributed by atoms with Gasteiger partial charge in [-0.1, -0.05) is 25.3 Å². The molecule has 0 aromatic carbocycles. The summed E-state index contributed by atoms with van der Waals surface area (Å²) in [5.74, 6) is -0.206. The molecule has 1 aromatic rings. The van der Waals surface area contributed by atoms with Gasteiger partial charge in [-0.2, -0.15) is 0 Å². The largest absolute Gasteiger partial charge is 0.507 e. The molecule has 20 heavy (non-hydrogen) atoms. The Balaban J connectivity index is 2.23. The van der Waals surface area contributed by atoms with E-state index in [9.17, 15) is 14.7 Å². The number of pyridine rings is 1. The predicted octanol–water partition coefficient (Wildman–Crippen LogP) is 3.02. The third-order valence-corrected chi connectivity index (χ3v) is 4.10. The summed E-state index contributed by atoms with van der Waals surface area (Å²) in [6, 6.07) is 0. The van der Waals surface area contributed by atoms with Crippen LogP contribution in [0, 0.1) is 19.8 Å². The van der Waals surface area contributed by atoms with Gasteiger partial charge in [-0.05, 0) is 38.7 Å². The summed E-state index contributed by atoms with van der Waals surface area (Å²) in [5, 5.41) is 9.99. The second kappa shape index (κ2) is 6.07. The van der Waals surface area contributed by atoms with Crippen LogP contribution >= 0.6 is 0 Å². The van der Waals surface area contributed by atoms with Crippen LogP contribution in [-0.4, -0.2) is 15.9 Å². The molecule has 108 valence electrons. The molecular weight excluding hydrogens is 254 g/mol. The zero-order valence-electron chi connectivity index (χ0n) is 12.0. The number of aromatic hydroxyl groups is 1. The maximum atomic E-state index is 12.1. The summed E-state index contributed by atoms with van der Waals surface area (Å²) in [6.45, 7) is 3.38. The van der Waals surface area contributed by atoms with E-state index in [0.29, 0.717) is 17.2 Å². The number of hydrogen-bond acceptors (Lipinski definition) is 3. The van der Waals surface area contributed by atoms with E-state index >= 15 is 0 Å². The summed E-state index contributed by atoms with van der Waals surface area (Å²) in [4.78, 5) is 26.6. The molecule has 1 aliphatic rings. The van der Waals surface area contributed by atoms with Gasteiger partial charge < -0.3 is 10.1 Å². The van der Waals surface area contributed by atoms with Crippen LogP contribution in [0.25, 0.3) is 0 Å². The number of nitrogens with one attached hydrogen (secondary N) is 1. The standard InChI is InChI=1S/C16H21NO3/c1-10-11(2)17-16(20)14(15(10)19)13(18)9-8-12-6-4-3-5-7-12/h8-9,12H,3-7H2,1-2H3,(H2,17,19,20)/b9-8+. The molecular formula is C16H21NO3. The molecule has 0 radical (unpaired) electrons. The topological polar surface area (TPSA) is 70.2 Å². The molecule has 0 atom stereocenters. The van der Waals surface area contributed by atoms with Gasteiger partial charge in [-0.15, -0.1) is 0 Å². The van der Waals surface area contributed by atoms with Crippen molar-refractivity contribution in [2.75, 3.05) is 0 Å². The fraction of sp³-hybridized carbons (Fsp3) is 0.500. The minimum Gasteiger partial charge on any atom is -0.507 e. The van der Waals surface area contributed by atoms with Crippen LogP contribution in [0.4, 0.5) is 0 Å². The highest BCUT2D eigenvalue weighted by Gasteiger charge is 2.18. The molecule has 0 unspecified atom stereocenters. The molecule has 4 nitrogen and oxygen atoms in total. The number of aromatic amines is 1. The molecule has 0 aliphatic heterocycles. The van der Waals surface area contributed by atoms with E-state index in [1.54, 1.807) is 13.8 Å². The van der Waals surface area contributed by atoms with E-state index in [1.165, 1.54) is 25.3 Å². The molecule has 0 bridgehead atoms. The van der Waals surface area contributed by atoms with E-state index in [2.05, 4.69) is 4.98 Å². The first-order chi connectivity index (χ1) is 9.50. The molecule has 1 aliphatic carbocycles. The monoisotopic (exact) mass is 275 g/mol. The van der Waals surface area contributed by atoms with Crippen molar-refractivity contribution in [2.24, 2.45) is 5.92 Å². The summed E-state index contributed by atoms with van der Waals surface area (Å²) in [6.07, 6.45) is 9.16. The maximum Gasteiger partial charge on any atom is 0.263 e. The molecule has 1 fully saturated rings. The summed E-state index contributed by atoms with van der Waals surface area (Å²) in [5.41, 5.74) is 0.448. The Labute approximate surface area is 118 Å². The minimum absolute atomic E-state index is 0.153. The third-order valence-electron chi connectivity index (χ3n) is 4.10. The molecule has 1 heterocycles. The van der Waals surface area contributed by atoms with Gasteiger partial charge in [-0.3, -0.25) is 9.59 Å². The summed E-state index contributed by atoms with van der Waals surface area (Å²) < 4.78 is 0. The lowest BCUT2D eigenvalue weighted by Gasteiger charge is -2.17. The van der Waals surface area contributed by atoms with Gasteiger partial charge >= 0.3 is 0 Å². The van der Waals surface area contributed by atoms with Gasteiger partial charge in [0.1, 0.15) is 11.3 Å². The van der Waals surface area contributed by atoms with Crippen LogP contribution in [0.15, 0.2) is 16.9 Å². The average molecular weight is 275 g/mol. The van der Waals surface area contributed by atoms with Crippen molar-refractivity contribution in [2.45, 2.75) is 46.0 Å². The second-order valence-corrected chi connectivity index (χ2v) is 5.55. The summed E-state index contributed by atoms with van der Waals surface area (Å²) >= 11 is 0. The van der Waals surface area contributed by atoms with E-state index in [4.69, 9.17) is 0 Å². The number of aromatic nitrogens is 1. The lowest BCUT2D eigenvalue weighted by molar-refractivity contribution is 0.104. The zero-order valence-corrected chi connectivity index (χ0v) is 12.0. The first-order valence-electron chi connectivity index (χ1n) is 7.15. The highest BCUT2D eigenvalue weighted by molar-refractivity contribution is 6.06. The molecule has 0 spiro atoms. The number of carbonyl (C=O) groups excluding carboxylic acids is 1. The third kappa shape index (κ3) is 3.00. The lowest BCUT2D eigenvalue weighted by atomic mass is 9.88. The number of rotatable bonds is 3. The van der Waals surface area contributed by atoms with E-state index in [0.717, 1.165) is 12.8 Å². The molecule has 0 amide bonds. The molecule has 2 N–H and O–H groups in total. The molecule has 2 rings (SSSR count). The molecule has 1 saturated carbocycles. The Morgan fingerprint density at radius 3 is 2.55 bits per heavy atom. The predicted molar refractivity (Wildman–Crippen MR) is 78.2 cm³/mol. The Morgan fingerprint density at radius 1 is 1.25 bits per heavy atom. The van der Waals surface area contributed by atoms with E-state index in [1.807, 2.05) is 6.08 Å². The van der Waals surface area contributed by atoms with Gasteiger partial charge in [0, 0.05) is 11.3 Å². The normalized spacial score (nSPS) is 16.7. The van der Waals surface area contributed by atoms with Gasteiger partial charge in [0.2, 0.25) is 0 Å². The van der Waals surface area contributed by atoms with Crippen LogP contribution in [-0.2, 0) is 0 Å². The number of allylic oxidation sites excluding steroid dienone is 2. The van der Waals surface area contributed by atoms with Crippen molar-refractivity contribution in [3.05, 3.63) is 39.3 Å². The van der Waals surface area contributed by atoms with Crippen molar-refractivity contribution >= 4 is 5.78 Å². The molecule has 0 saturated heterocycles. The Morgan fingerprint density at radius 2 is 1.90 bits per heavy atom. The minimum atomic E-state index is -0.524. The maximum absolute atomic E-state index is 12.1. The molecule has 4 heteroatoms. The number of H-pyrrole nitrogens is 1. The van der Waals surface area contributed by atoms with Crippen LogP contribution in [0.5, 0.6) is 5.75 Å². The highest BCUT2D eigenvalue weighted by atomic mass is 16.3. The Hall–Kier alpha value is -1.84. The van der Waals surface area contributed by atoms with Crippen LogP contribution in [0.2, 0.25) is 0 Å². The van der Waals surface area contributed by atoms with Gasteiger partial charge in [-0.25, -0.2) is 0 Å². The van der Waals surface area contributed by atoms with Crippen molar-refractivity contribution in [1.29, 1.82) is 0 Å². The SMILES string of the molecule is Cc1[nH]c(=O)c(C(=O)/C=C/C2CCCCC2)c(O)c1C. The first kappa shape index (κ1) is 14.6. The number of hydrogen-bond donors (Lipinski definition) is 2. The second-order valence-electron chi connectivity index (χ2n) is 5.55. The highest BCUT2D eigenvalue weighted by Crippen LogP contribution is 2.25. The van der Waals surface area contributed by atoms with Crippen molar-refractivity contribution < 1.29 is 9.90 Å². The van der Waals surface area contributed by atoms with Crippen LogP contribution < -0.4 is 5.56 Å². The summed E-state index contributed by atoms with van der Waals surface area (Å²) in [7, 11) is 0. The number of aryl methyl sites for hydroxylation is 1. The van der Waals surface area contributed by atoms with Crippen molar-refractivity contribution in [3.63, 3.8) is 0 Å². The van der Waals surface area contributed by atoms with Crippen molar-refractivity contribution in [1.82, 2.24) is 4.98 Å². The van der Waals surface area contributed by atoms with Gasteiger partial charge in [0.05, 0.1) is 0 Å². The average Bonchev–Trinajstić information content (AvgIpc) is 2.44. The van der Waals surface area contributed by atoms with Crippen LogP contribution in [0.1, 0.15) is 53.7 Å². The van der Waals surface area contributed by atoms with Crippen LogP contribution in [0.3, 0.4) is 0 Å². The lowest BCUT2D eigenvalue weighted by Crippen LogP contribution is -2.19. The number of carbonyl (C=O) groups is 1. The molecule has 1 aromatic heterocycles. The smallest absolute Gasteiger partial charge is 0.263 e. The van der Waals surface area contributed by atoms with E-state index in [-0.39, 0.29) is 11.3 Å². The zero-order chi connectivity index (χ0) is 14.7. The number of ketones is 1. The Bertz CT molecular complexity index is 592. The van der Waals surface area contributed by atoms with E-state index < -0.39 is 11.3 Å². The first-order valence-corrected chi connectivity index (χ1v) is 7.15.